The van der Waals surface area contributed by atoms with Crippen molar-refractivity contribution in [3.05, 3.63) is 58.7 Å². The predicted molar refractivity (Wildman–Crippen MR) is 147 cm³/mol. The number of aromatic nitrogens is 4. The monoisotopic (exact) mass is 550 g/mol. The maximum absolute atomic E-state index is 12.6. The van der Waals surface area contributed by atoms with Gasteiger partial charge in [0, 0.05) is 17.8 Å². The van der Waals surface area contributed by atoms with Crippen LogP contribution in [0, 0.1) is 0 Å². The van der Waals surface area contributed by atoms with E-state index < -0.39 is 17.9 Å². The summed E-state index contributed by atoms with van der Waals surface area (Å²) < 4.78 is 0. The second-order valence-electron chi connectivity index (χ2n) is 8.40. The molecule has 0 bridgehead atoms. The van der Waals surface area contributed by atoms with Gasteiger partial charge < -0.3 is 38.3 Å². The number of aliphatic carboxylic acids is 1. The first kappa shape index (κ1) is 27.0. The van der Waals surface area contributed by atoms with Gasteiger partial charge in [-0.25, -0.2) is 14.8 Å². The molecular weight excluding hydrogens is 524 g/mol. The van der Waals surface area contributed by atoms with E-state index in [1.807, 2.05) is 0 Å². The van der Waals surface area contributed by atoms with Crippen LogP contribution in [0.3, 0.4) is 0 Å². The van der Waals surface area contributed by atoms with Gasteiger partial charge in [-0.3, -0.25) is 9.59 Å². The predicted octanol–water partition coefficient (Wildman–Crippen LogP) is 1.23. The van der Waals surface area contributed by atoms with Gasteiger partial charge in [-0.05, 0) is 49.2 Å². The minimum Gasteiger partial charge on any atom is -0.480 e. The van der Waals surface area contributed by atoms with Crippen molar-refractivity contribution in [3.63, 3.8) is 0 Å². The summed E-state index contributed by atoms with van der Waals surface area (Å²) in [6, 6.07) is 8.67. The minimum atomic E-state index is -1.16. The van der Waals surface area contributed by atoms with Crippen LogP contribution in [0.2, 0.25) is 0 Å². The van der Waals surface area contributed by atoms with Crippen molar-refractivity contribution in [1.29, 1.82) is 0 Å². The van der Waals surface area contributed by atoms with Crippen LogP contribution in [0.1, 0.15) is 38.6 Å². The number of benzene rings is 1. The van der Waals surface area contributed by atoms with E-state index in [9.17, 15) is 19.5 Å². The van der Waals surface area contributed by atoms with Crippen LogP contribution >= 0.6 is 11.3 Å². The Kier molecular flexibility index (Phi) is 8.30. The number of carboxylic acid groups (broad SMARTS) is 1. The van der Waals surface area contributed by atoms with Crippen LogP contribution in [0.5, 0.6) is 0 Å². The van der Waals surface area contributed by atoms with Crippen molar-refractivity contribution in [2.45, 2.75) is 25.4 Å². The Morgan fingerprint density at radius 1 is 0.974 bits per heavy atom. The van der Waals surface area contributed by atoms with Gasteiger partial charge in [0.1, 0.15) is 6.04 Å². The number of nitrogens with one attached hydrogen (secondary N) is 3. The number of fused-ring (bicyclic) bond motifs is 1. The zero-order valence-electron chi connectivity index (χ0n) is 20.5. The molecule has 1 aromatic carbocycles. The molecule has 2 amide bonds. The van der Waals surface area contributed by atoms with E-state index in [0.29, 0.717) is 51.0 Å². The van der Waals surface area contributed by atoms with E-state index >= 15 is 0 Å². The van der Waals surface area contributed by atoms with Crippen molar-refractivity contribution < 1.29 is 19.5 Å². The van der Waals surface area contributed by atoms with Crippen LogP contribution in [-0.4, -0.2) is 55.4 Å². The Balaban J connectivity index is 1.26. The number of nitrogens with two attached hydrogens (primary N) is 3. The maximum atomic E-state index is 12.6. The fourth-order valence-electron chi connectivity index (χ4n) is 3.57. The molecule has 0 fully saturated rings. The fourth-order valence-corrected chi connectivity index (χ4v) is 4.26. The number of hydrogen-bond donors (Lipinski definition) is 7. The second-order valence-corrected chi connectivity index (χ2v) is 9.51. The molecule has 0 saturated heterocycles. The van der Waals surface area contributed by atoms with Gasteiger partial charge in [0.15, 0.2) is 17.0 Å². The lowest BCUT2D eigenvalue weighted by Crippen LogP contribution is -2.41. The highest BCUT2D eigenvalue weighted by Crippen LogP contribution is 2.18. The van der Waals surface area contributed by atoms with Crippen molar-refractivity contribution in [2.75, 3.05) is 29.1 Å². The number of carboxylic acids is 1. The number of thiophene rings is 1. The summed E-state index contributed by atoms with van der Waals surface area (Å²) in [5, 5.41) is 18.5. The molecule has 10 N–H and O–H groups in total. The van der Waals surface area contributed by atoms with E-state index in [-0.39, 0.29) is 30.6 Å². The molecule has 15 heteroatoms. The summed E-state index contributed by atoms with van der Waals surface area (Å²) in [6.07, 6.45) is 2.04. The molecule has 0 spiro atoms. The molecule has 4 rings (SSSR count). The Hall–Kier alpha value is -5.05. The lowest BCUT2D eigenvalue weighted by atomic mass is 10.1. The van der Waals surface area contributed by atoms with Crippen LogP contribution in [0.15, 0.2) is 42.6 Å². The summed E-state index contributed by atoms with van der Waals surface area (Å²) in [7, 11) is 0. The third-order valence-corrected chi connectivity index (χ3v) is 6.44. The standard InChI is InChI=1S/C24H26N10O4S/c25-17-8-7-16(39-17)22(36)28-9-1-2-15(23(37)38)32-21(35)12-3-5-13(6-4-12)29-10-14-11-30-20-18(31-14)19(26)33-24(27)34-20/h3-8,11,15,29H,1-2,9-10,25H2,(H,28,36)(H,32,35)(H,37,38)(H4,26,27,30,33,34)/t15-/m0/s1. The molecule has 1 atom stereocenters. The SMILES string of the molecule is Nc1nc(N)c2nc(CNc3ccc(C(=O)N[C@@H](CCCNC(=O)c4ccc(N)s4)C(=O)O)cc3)cnc2n1. The van der Waals surface area contributed by atoms with Gasteiger partial charge in [0.25, 0.3) is 11.8 Å². The number of amides is 2. The molecule has 0 aliphatic carbocycles. The van der Waals surface area contributed by atoms with Crippen LogP contribution in [0.25, 0.3) is 11.2 Å². The van der Waals surface area contributed by atoms with Gasteiger partial charge in [-0.2, -0.15) is 9.97 Å². The number of nitrogen functional groups attached to an aromatic ring is 3. The van der Waals surface area contributed by atoms with E-state index in [1.54, 1.807) is 42.6 Å². The highest BCUT2D eigenvalue weighted by atomic mass is 32.1. The zero-order chi connectivity index (χ0) is 27.9. The zero-order valence-corrected chi connectivity index (χ0v) is 21.4. The van der Waals surface area contributed by atoms with Crippen molar-refractivity contribution in [2.24, 2.45) is 0 Å². The van der Waals surface area contributed by atoms with Crippen molar-refractivity contribution >= 4 is 62.7 Å². The first-order chi connectivity index (χ1) is 18.7. The number of rotatable bonds is 11. The lowest BCUT2D eigenvalue weighted by molar-refractivity contribution is -0.139. The minimum absolute atomic E-state index is 0.0172. The van der Waals surface area contributed by atoms with E-state index in [4.69, 9.17) is 17.2 Å². The summed E-state index contributed by atoms with van der Waals surface area (Å²) in [5.41, 5.74) is 19.3. The van der Waals surface area contributed by atoms with Crippen molar-refractivity contribution in [3.8, 4) is 0 Å². The maximum Gasteiger partial charge on any atom is 0.326 e. The summed E-state index contributed by atoms with van der Waals surface area (Å²) in [5.74, 6) is -1.82. The number of nitrogens with zero attached hydrogens (tertiary/aromatic N) is 4. The van der Waals surface area contributed by atoms with E-state index in [1.165, 1.54) is 11.3 Å². The molecular formula is C24H26N10O4S. The van der Waals surface area contributed by atoms with Crippen LogP contribution in [0.4, 0.5) is 22.5 Å². The number of anilines is 4. The molecule has 39 heavy (non-hydrogen) atoms. The first-order valence-electron chi connectivity index (χ1n) is 11.8. The molecule has 0 aliphatic rings. The molecule has 0 radical (unpaired) electrons. The van der Waals surface area contributed by atoms with Crippen molar-refractivity contribution in [1.82, 2.24) is 30.6 Å². The highest BCUT2D eigenvalue weighted by Gasteiger charge is 2.20. The Bertz CT molecular complexity index is 1510. The molecule has 0 saturated carbocycles. The highest BCUT2D eigenvalue weighted by molar-refractivity contribution is 7.17. The quantitative estimate of drug-likeness (QED) is 0.131. The number of carbonyl (C=O) groups excluding carboxylic acids is 2. The number of carbonyl (C=O) groups is 3. The average molecular weight is 551 g/mol. The third kappa shape index (κ3) is 7.04. The second kappa shape index (κ2) is 12.0. The van der Waals surface area contributed by atoms with Gasteiger partial charge in [-0.1, -0.05) is 0 Å². The molecule has 14 nitrogen and oxygen atoms in total. The number of hydrogen-bond acceptors (Lipinski definition) is 12. The van der Waals surface area contributed by atoms with Crippen LogP contribution in [-0.2, 0) is 11.3 Å². The molecule has 3 heterocycles. The molecule has 4 aromatic rings. The van der Waals surface area contributed by atoms with E-state index in [0.717, 1.165) is 0 Å². The molecule has 0 unspecified atom stereocenters. The normalized spacial score (nSPS) is 11.6. The first-order valence-corrected chi connectivity index (χ1v) is 12.6. The third-order valence-electron chi connectivity index (χ3n) is 5.53. The van der Waals surface area contributed by atoms with Gasteiger partial charge >= 0.3 is 5.97 Å². The van der Waals surface area contributed by atoms with Gasteiger partial charge in [0.05, 0.1) is 28.3 Å². The largest absolute Gasteiger partial charge is 0.480 e. The topological polar surface area (TPSA) is 237 Å². The Morgan fingerprint density at radius 3 is 2.44 bits per heavy atom. The van der Waals surface area contributed by atoms with E-state index in [2.05, 4.69) is 35.9 Å². The Labute approximate surface area is 226 Å². The summed E-state index contributed by atoms with van der Waals surface area (Å²) >= 11 is 1.17. The summed E-state index contributed by atoms with van der Waals surface area (Å²) in [6.45, 7) is 0.571. The molecule has 202 valence electrons. The van der Waals surface area contributed by atoms with Crippen LogP contribution < -0.4 is 33.2 Å². The fraction of sp³-hybridized carbons (Fsp3) is 0.208. The lowest BCUT2D eigenvalue weighted by Gasteiger charge is -2.15. The van der Waals surface area contributed by atoms with Gasteiger partial charge in [-0.15, -0.1) is 11.3 Å². The molecule has 3 aromatic heterocycles. The average Bonchev–Trinajstić information content (AvgIpc) is 3.35. The smallest absolute Gasteiger partial charge is 0.326 e. The Morgan fingerprint density at radius 2 is 1.74 bits per heavy atom. The van der Waals surface area contributed by atoms with Gasteiger partial charge in [0.2, 0.25) is 5.95 Å². The molecule has 0 aliphatic heterocycles. The summed E-state index contributed by atoms with van der Waals surface area (Å²) in [4.78, 5) is 53.3.